The lowest BCUT2D eigenvalue weighted by Gasteiger charge is -2.21. The van der Waals surface area contributed by atoms with Crippen LogP contribution in [0.4, 0.5) is 0 Å². The molecule has 0 bridgehead atoms. The van der Waals surface area contributed by atoms with Crippen LogP contribution >= 0.6 is 0 Å². The maximum absolute atomic E-state index is 11.7. The van der Waals surface area contributed by atoms with Gasteiger partial charge in [0.1, 0.15) is 0 Å². The van der Waals surface area contributed by atoms with Crippen LogP contribution < -0.4 is 0 Å². The average Bonchev–Trinajstić information content (AvgIpc) is 2.47. The first-order valence-electron chi connectivity index (χ1n) is 8.19. The quantitative estimate of drug-likeness (QED) is 0.667. The molecule has 0 aliphatic rings. The zero-order valence-electron chi connectivity index (χ0n) is 15.0. The molecule has 0 atom stereocenters. The normalized spacial score (nSPS) is 15.5. The summed E-state index contributed by atoms with van der Waals surface area (Å²) in [6, 6.07) is 9.24. The fourth-order valence-electron chi connectivity index (χ4n) is 1.54. The monoisotopic (exact) mass is 253 g/mol. The van der Waals surface area contributed by atoms with E-state index in [1.807, 2.05) is 30.3 Å². The number of ether oxygens (including phenoxy) is 1. The molecule has 3 nitrogen and oxygen atoms in total. The van der Waals surface area contributed by atoms with Crippen LogP contribution in [0.1, 0.15) is 37.7 Å². The minimum atomic E-state index is -2.26. The molecule has 3 heteroatoms. The Labute approximate surface area is 115 Å². The molecular weight excluding hydrogens is 226 g/mol. The summed E-state index contributed by atoms with van der Waals surface area (Å²) in [5.41, 5.74) is 0.861. The lowest BCUT2D eigenvalue weighted by molar-refractivity contribution is -0.143. The molecule has 0 saturated heterocycles. The number of esters is 1. The van der Waals surface area contributed by atoms with E-state index in [2.05, 4.69) is 0 Å². The fraction of sp³-hybridized carbons (Fsp3) is 0.533. The predicted molar refractivity (Wildman–Crippen MR) is 73.3 cm³/mol. The Morgan fingerprint density at radius 3 is 2.67 bits per heavy atom. The SMILES string of the molecule is [2H]C([2H])(CN(Cc1ccccc1)C([2H])([2H])CC)C(=O)OCC. The van der Waals surface area contributed by atoms with Crippen molar-refractivity contribution in [1.82, 2.24) is 4.90 Å². The molecule has 0 saturated carbocycles. The minimum absolute atomic E-state index is 0.0949. The van der Waals surface area contributed by atoms with Crippen molar-refractivity contribution >= 4 is 5.97 Å². The van der Waals surface area contributed by atoms with Crippen molar-refractivity contribution in [1.29, 1.82) is 0 Å². The van der Waals surface area contributed by atoms with E-state index in [9.17, 15) is 4.79 Å². The van der Waals surface area contributed by atoms with Gasteiger partial charge in [-0.05, 0) is 25.4 Å². The molecule has 0 unspecified atom stereocenters. The highest BCUT2D eigenvalue weighted by Crippen LogP contribution is 2.06. The molecule has 0 radical (unpaired) electrons. The highest BCUT2D eigenvalue weighted by molar-refractivity contribution is 5.69. The number of benzene rings is 1. The largest absolute Gasteiger partial charge is 0.466 e. The van der Waals surface area contributed by atoms with Gasteiger partial charge in [-0.15, -0.1) is 0 Å². The van der Waals surface area contributed by atoms with E-state index >= 15 is 0 Å². The third kappa shape index (κ3) is 5.82. The van der Waals surface area contributed by atoms with E-state index in [0.29, 0.717) is 0 Å². The molecule has 0 aliphatic heterocycles. The Bertz CT molecular complexity index is 480. The Balaban J connectivity index is 2.94. The van der Waals surface area contributed by atoms with E-state index in [1.165, 1.54) is 4.90 Å². The van der Waals surface area contributed by atoms with Crippen molar-refractivity contribution in [3.63, 3.8) is 0 Å². The summed E-state index contributed by atoms with van der Waals surface area (Å²) >= 11 is 0. The van der Waals surface area contributed by atoms with Gasteiger partial charge in [-0.3, -0.25) is 9.69 Å². The molecule has 0 amide bonds. The zero-order valence-corrected chi connectivity index (χ0v) is 11.0. The molecule has 0 spiro atoms. The summed E-state index contributed by atoms with van der Waals surface area (Å²) in [5.74, 6) is -0.958. The van der Waals surface area contributed by atoms with Crippen LogP contribution in [-0.2, 0) is 16.1 Å². The van der Waals surface area contributed by atoms with Crippen LogP contribution in [0.3, 0.4) is 0 Å². The Morgan fingerprint density at radius 1 is 1.33 bits per heavy atom. The smallest absolute Gasteiger partial charge is 0.307 e. The lowest BCUT2D eigenvalue weighted by atomic mass is 10.2. The number of carbonyl (C=O) groups is 1. The second-order valence-electron chi connectivity index (χ2n) is 3.75. The van der Waals surface area contributed by atoms with Gasteiger partial charge in [-0.1, -0.05) is 37.3 Å². The van der Waals surface area contributed by atoms with Crippen molar-refractivity contribution in [3.8, 4) is 0 Å². The van der Waals surface area contributed by atoms with Crippen molar-refractivity contribution in [2.75, 3.05) is 19.6 Å². The molecular formula is C15H23NO2. The van der Waals surface area contributed by atoms with Crippen molar-refractivity contribution in [2.24, 2.45) is 0 Å². The van der Waals surface area contributed by atoms with Crippen LogP contribution in [-0.4, -0.2) is 30.5 Å². The van der Waals surface area contributed by atoms with Gasteiger partial charge in [-0.2, -0.15) is 0 Å². The maximum Gasteiger partial charge on any atom is 0.307 e. The van der Waals surface area contributed by atoms with E-state index < -0.39 is 18.8 Å². The van der Waals surface area contributed by atoms with E-state index in [0.717, 1.165) is 5.56 Å². The van der Waals surface area contributed by atoms with Gasteiger partial charge in [0.2, 0.25) is 0 Å². The summed E-state index contributed by atoms with van der Waals surface area (Å²) < 4.78 is 36.6. The molecule has 1 aromatic rings. The lowest BCUT2D eigenvalue weighted by Crippen LogP contribution is -2.27. The third-order valence-corrected chi connectivity index (χ3v) is 2.29. The van der Waals surface area contributed by atoms with Gasteiger partial charge in [0.05, 0.1) is 13.0 Å². The standard InChI is InChI=1S/C15H23NO2/c1-3-11-16(12-10-15(17)18-4-2)13-14-8-6-5-7-9-14/h5-9H,3-4,10-13H2,1-2H3/i10D2,11D2. The summed E-state index contributed by atoms with van der Waals surface area (Å²) in [6.07, 6.45) is -2.06. The maximum atomic E-state index is 11.7. The first-order valence-corrected chi connectivity index (χ1v) is 6.19. The average molecular weight is 253 g/mol. The minimum Gasteiger partial charge on any atom is -0.466 e. The molecule has 1 rings (SSSR count). The number of carbonyl (C=O) groups excluding carboxylic acids is 1. The van der Waals surface area contributed by atoms with Crippen molar-refractivity contribution in [3.05, 3.63) is 35.9 Å². The van der Waals surface area contributed by atoms with E-state index in [-0.39, 0.29) is 26.1 Å². The number of rotatable bonds is 8. The second-order valence-corrected chi connectivity index (χ2v) is 3.75. The van der Waals surface area contributed by atoms with Crippen LogP contribution in [0.2, 0.25) is 0 Å². The van der Waals surface area contributed by atoms with Crippen molar-refractivity contribution < 1.29 is 15.0 Å². The van der Waals surface area contributed by atoms with Crippen LogP contribution in [0.15, 0.2) is 30.3 Å². The summed E-state index contributed by atoms with van der Waals surface area (Å²) in [5, 5.41) is 0. The van der Waals surface area contributed by atoms with E-state index in [1.54, 1.807) is 13.8 Å². The van der Waals surface area contributed by atoms with E-state index in [4.69, 9.17) is 10.2 Å². The summed E-state index contributed by atoms with van der Waals surface area (Å²) in [6.45, 7) is 1.55. The third-order valence-electron chi connectivity index (χ3n) is 2.29. The molecule has 18 heavy (non-hydrogen) atoms. The van der Waals surface area contributed by atoms with Crippen LogP contribution in [0.5, 0.6) is 0 Å². The van der Waals surface area contributed by atoms with Crippen LogP contribution in [0, 0.1) is 0 Å². The topological polar surface area (TPSA) is 29.5 Å². The van der Waals surface area contributed by atoms with Gasteiger partial charge >= 0.3 is 5.97 Å². The molecule has 0 aliphatic carbocycles. The molecule has 0 fully saturated rings. The molecule has 100 valence electrons. The van der Waals surface area contributed by atoms with Gasteiger partial charge in [0, 0.05) is 18.6 Å². The Kier molecular flexibility index (Phi) is 4.62. The molecule has 0 heterocycles. The first-order chi connectivity index (χ1) is 10.2. The zero-order chi connectivity index (χ0) is 16.8. The molecule has 1 aromatic carbocycles. The second kappa shape index (κ2) is 8.70. The van der Waals surface area contributed by atoms with Gasteiger partial charge in [0.15, 0.2) is 0 Å². The molecule has 0 aromatic heterocycles. The first kappa shape index (κ1) is 9.56. The number of hydrogen-bond acceptors (Lipinski definition) is 3. The Morgan fingerprint density at radius 2 is 2.06 bits per heavy atom. The van der Waals surface area contributed by atoms with Gasteiger partial charge in [0.25, 0.3) is 0 Å². The van der Waals surface area contributed by atoms with Gasteiger partial charge < -0.3 is 4.74 Å². The van der Waals surface area contributed by atoms with Crippen molar-refractivity contribution in [2.45, 2.75) is 33.2 Å². The molecule has 0 N–H and O–H groups in total. The predicted octanol–water partition coefficient (Wildman–Crippen LogP) is 2.85. The summed E-state index contributed by atoms with van der Waals surface area (Å²) in [7, 11) is 0. The fourth-order valence-corrected chi connectivity index (χ4v) is 1.54. The number of nitrogens with zero attached hydrogens (tertiary/aromatic N) is 1. The van der Waals surface area contributed by atoms with Gasteiger partial charge in [-0.25, -0.2) is 0 Å². The number of hydrogen-bond donors (Lipinski definition) is 0. The highest BCUT2D eigenvalue weighted by Gasteiger charge is 2.08. The highest BCUT2D eigenvalue weighted by atomic mass is 16.5. The Hall–Kier alpha value is -1.35. The summed E-state index contributed by atoms with van der Waals surface area (Å²) in [4.78, 5) is 13.1. The van der Waals surface area contributed by atoms with Crippen LogP contribution in [0.25, 0.3) is 0 Å².